The van der Waals surface area contributed by atoms with E-state index >= 15 is 0 Å². The largest absolute Gasteiger partial charge is 0.508 e. The summed E-state index contributed by atoms with van der Waals surface area (Å²) in [5.74, 6) is 0.875. The first kappa shape index (κ1) is 15.2. The van der Waals surface area contributed by atoms with Gasteiger partial charge in [0.2, 0.25) is 0 Å². The standard InChI is InChI=1S/C19H19N3OS/c20-19-22-11-16(24-19)10-21-18-9-17(18)13-6-4-12(5-7-13)14-2-1-3-15(23)8-14/h1-8,11,17-18,21,23H,9-10H2,(H2,20,22)/t17-,18+/m1/s1. The van der Waals surface area contributed by atoms with Gasteiger partial charge in [-0.1, -0.05) is 36.4 Å². The van der Waals surface area contributed by atoms with Crippen molar-refractivity contribution in [1.82, 2.24) is 10.3 Å². The monoisotopic (exact) mass is 337 g/mol. The fraction of sp³-hybridized carbons (Fsp3) is 0.211. The quantitative estimate of drug-likeness (QED) is 0.663. The van der Waals surface area contributed by atoms with E-state index in [1.807, 2.05) is 18.3 Å². The Hall–Kier alpha value is -2.37. The number of aromatic nitrogens is 1. The Balaban J connectivity index is 1.38. The van der Waals surface area contributed by atoms with Crippen molar-refractivity contribution >= 4 is 16.5 Å². The minimum atomic E-state index is 0.298. The zero-order valence-electron chi connectivity index (χ0n) is 13.1. The van der Waals surface area contributed by atoms with Crippen molar-refractivity contribution in [3.05, 3.63) is 65.2 Å². The Kier molecular flexibility index (Phi) is 3.96. The third-order valence-electron chi connectivity index (χ3n) is 4.42. The average molecular weight is 337 g/mol. The van der Waals surface area contributed by atoms with Gasteiger partial charge in [0.1, 0.15) is 5.75 Å². The van der Waals surface area contributed by atoms with Crippen molar-refractivity contribution in [3.8, 4) is 16.9 Å². The molecule has 4 rings (SSSR count). The zero-order chi connectivity index (χ0) is 16.5. The lowest BCUT2D eigenvalue weighted by molar-refractivity contribution is 0.475. The van der Waals surface area contributed by atoms with Crippen molar-refractivity contribution in [2.24, 2.45) is 0 Å². The molecule has 0 spiro atoms. The van der Waals surface area contributed by atoms with E-state index in [9.17, 15) is 5.11 Å². The number of benzene rings is 2. The molecule has 1 saturated carbocycles. The van der Waals surface area contributed by atoms with E-state index in [-0.39, 0.29) is 0 Å². The molecule has 0 radical (unpaired) electrons. The van der Waals surface area contributed by atoms with Gasteiger partial charge in [-0.2, -0.15) is 0 Å². The number of phenols is 1. The molecule has 1 aliphatic rings. The second-order valence-electron chi connectivity index (χ2n) is 6.17. The zero-order valence-corrected chi connectivity index (χ0v) is 14.0. The SMILES string of the molecule is Nc1ncc(CN[C@H]2C[C@@H]2c2ccc(-c3cccc(O)c3)cc2)s1. The van der Waals surface area contributed by atoms with Gasteiger partial charge in [-0.15, -0.1) is 11.3 Å². The van der Waals surface area contributed by atoms with Crippen LogP contribution in [0.1, 0.15) is 22.8 Å². The highest BCUT2D eigenvalue weighted by molar-refractivity contribution is 7.15. The highest BCUT2D eigenvalue weighted by atomic mass is 32.1. The average Bonchev–Trinajstić information content (AvgIpc) is 3.26. The lowest BCUT2D eigenvalue weighted by Gasteiger charge is -2.06. The fourth-order valence-electron chi connectivity index (χ4n) is 3.03. The summed E-state index contributed by atoms with van der Waals surface area (Å²) >= 11 is 1.54. The van der Waals surface area contributed by atoms with E-state index in [4.69, 9.17) is 5.73 Å². The van der Waals surface area contributed by atoms with Crippen molar-refractivity contribution in [3.63, 3.8) is 0 Å². The van der Waals surface area contributed by atoms with Gasteiger partial charge in [0.05, 0.1) is 0 Å². The number of anilines is 1. The second-order valence-corrected chi connectivity index (χ2v) is 7.31. The van der Waals surface area contributed by atoms with Crippen LogP contribution in [0.15, 0.2) is 54.7 Å². The molecule has 5 heteroatoms. The summed E-state index contributed by atoms with van der Waals surface area (Å²) in [5, 5.41) is 13.8. The summed E-state index contributed by atoms with van der Waals surface area (Å²) in [7, 11) is 0. The lowest BCUT2D eigenvalue weighted by Crippen LogP contribution is -2.16. The summed E-state index contributed by atoms with van der Waals surface area (Å²) in [6.07, 6.45) is 3.01. The Morgan fingerprint density at radius 3 is 2.71 bits per heavy atom. The van der Waals surface area contributed by atoms with Crippen LogP contribution in [0.5, 0.6) is 5.75 Å². The Labute approximate surface area is 145 Å². The molecular weight excluding hydrogens is 318 g/mol. The second kappa shape index (κ2) is 6.26. The molecule has 24 heavy (non-hydrogen) atoms. The maximum absolute atomic E-state index is 9.60. The van der Waals surface area contributed by atoms with E-state index < -0.39 is 0 Å². The first-order valence-corrected chi connectivity index (χ1v) is 8.83. The molecule has 0 unspecified atom stereocenters. The molecule has 4 nitrogen and oxygen atoms in total. The maximum atomic E-state index is 9.60. The predicted molar refractivity (Wildman–Crippen MR) is 98.1 cm³/mol. The number of nitrogens with zero attached hydrogens (tertiary/aromatic N) is 1. The van der Waals surface area contributed by atoms with Gasteiger partial charge < -0.3 is 16.2 Å². The van der Waals surface area contributed by atoms with Gasteiger partial charge >= 0.3 is 0 Å². The van der Waals surface area contributed by atoms with Crippen LogP contribution < -0.4 is 11.1 Å². The van der Waals surface area contributed by atoms with E-state index in [2.05, 4.69) is 34.6 Å². The van der Waals surface area contributed by atoms with Crippen LogP contribution in [0.4, 0.5) is 5.13 Å². The van der Waals surface area contributed by atoms with Gasteiger partial charge in [0.25, 0.3) is 0 Å². The Bertz CT molecular complexity index is 844. The van der Waals surface area contributed by atoms with Crippen molar-refractivity contribution in [1.29, 1.82) is 0 Å². The number of hydrogen-bond donors (Lipinski definition) is 3. The van der Waals surface area contributed by atoms with Gasteiger partial charge in [0.15, 0.2) is 5.13 Å². The predicted octanol–water partition coefficient (Wildman–Crippen LogP) is 3.74. The van der Waals surface area contributed by atoms with Crippen LogP contribution in [-0.2, 0) is 6.54 Å². The summed E-state index contributed by atoms with van der Waals surface area (Å²) < 4.78 is 0. The number of hydrogen-bond acceptors (Lipinski definition) is 5. The number of rotatable bonds is 5. The number of aromatic hydroxyl groups is 1. The molecule has 0 bridgehead atoms. The van der Waals surface area contributed by atoms with Gasteiger partial charge in [-0.05, 0) is 35.2 Å². The van der Waals surface area contributed by atoms with E-state index in [1.165, 1.54) is 28.2 Å². The van der Waals surface area contributed by atoms with Crippen LogP contribution in [0.3, 0.4) is 0 Å². The van der Waals surface area contributed by atoms with E-state index in [0.29, 0.717) is 22.8 Å². The summed E-state index contributed by atoms with van der Waals surface area (Å²) in [5.41, 5.74) is 9.18. The van der Waals surface area contributed by atoms with Crippen LogP contribution >= 0.6 is 11.3 Å². The summed E-state index contributed by atoms with van der Waals surface area (Å²) in [4.78, 5) is 5.25. The van der Waals surface area contributed by atoms with Crippen molar-refractivity contribution in [2.45, 2.75) is 24.9 Å². The molecule has 1 aromatic heterocycles. The summed E-state index contributed by atoms with van der Waals surface area (Å²) in [6, 6.07) is 16.5. The molecule has 0 amide bonds. The van der Waals surface area contributed by atoms with Crippen molar-refractivity contribution in [2.75, 3.05) is 5.73 Å². The Morgan fingerprint density at radius 1 is 1.17 bits per heavy atom. The molecule has 3 aromatic rings. The number of phenolic OH excluding ortho intramolecular Hbond substituents is 1. The molecule has 1 aliphatic carbocycles. The number of thiazole rings is 1. The minimum absolute atomic E-state index is 0.298. The fourth-order valence-corrected chi connectivity index (χ4v) is 3.67. The highest BCUT2D eigenvalue weighted by Crippen LogP contribution is 2.41. The minimum Gasteiger partial charge on any atom is -0.508 e. The molecule has 2 aromatic carbocycles. The highest BCUT2D eigenvalue weighted by Gasteiger charge is 2.37. The lowest BCUT2D eigenvalue weighted by atomic mass is 10.0. The molecule has 0 aliphatic heterocycles. The first-order chi connectivity index (χ1) is 11.7. The normalized spacial score (nSPS) is 19.3. The summed E-state index contributed by atoms with van der Waals surface area (Å²) in [6.45, 7) is 0.831. The van der Waals surface area contributed by atoms with E-state index in [1.54, 1.807) is 12.1 Å². The number of nitrogens with one attached hydrogen (secondary N) is 1. The van der Waals surface area contributed by atoms with Gasteiger partial charge in [-0.3, -0.25) is 0 Å². The third-order valence-corrected chi connectivity index (χ3v) is 5.25. The smallest absolute Gasteiger partial charge is 0.180 e. The topological polar surface area (TPSA) is 71.2 Å². The molecule has 1 fully saturated rings. The molecule has 1 heterocycles. The third kappa shape index (κ3) is 3.27. The first-order valence-electron chi connectivity index (χ1n) is 8.02. The molecular formula is C19H19N3OS. The van der Waals surface area contributed by atoms with Crippen LogP contribution in [0, 0.1) is 0 Å². The van der Waals surface area contributed by atoms with Crippen molar-refractivity contribution < 1.29 is 5.11 Å². The maximum Gasteiger partial charge on any atom is 0.180 e. The van der Waals surface area contributed by atoms with Crippen LogP contribution in [-0.4, -0.2) is 16.1 Å². The van der Waals surface area contributed by atoms with Crippen LogP contribution in [0.25, 0.3) is 11.1 Å². The van der Waals surface area contributed by atoms with Gasteiger partial charge in [0, 0.05) is 29.6 Å². The Morgan fingerprint density at radius 2 is 2.00 bits per heavy atom. The molecule has 0 saturated heterocycles. The van der Waals surface area contributed by atoms with Gasteiger partial charge in [-0.25, -0.2) is 4.98 Å². The molecule has 122 valence electrons. The van der Waals surface area contributed by atoms with E-state index in [0.717, 1.165) is 17.7 Å². The van der Waals surface area contributed by atoms with Crippen LogP contribution in [0.2, 0.25) is 0 Å². The number of nitrogen functional groups attached to an aromatic ring is 1. The molecule has 4 N–H and O–H groups in total. The molecule has 2 atom stereocenters. The number of nitrogens with two attached hydrogens (primary N) is 1.